The molecule has 1 saturated carbocycles. The minimum Gasteiger partial charge on any atom is -0.501 e. The molecule has 5 heteroatoms. The van der Waals surface area contributed by atoms with E-state index in [0.29, 0.717) is 5.92 Å². The maximum absolute atomic E-state index is 6.52. The molecule has 0 saturated heterocycles. The Morgan fingerprint density at radius 3 is 2.25 bits per heavy atom. The molecule has 0 aliphatic heterocycles. The molecule has 0 unspecified atom stereocenters. The molecule has 1 aliphatic carbocycles. The van der Waals surface area contributed by atoms with Gasteiger partial charge in [-0.25, -0.2) is 0 Å². The van der Waals surface area contributed by atoms with Crippen molar-refractivity contribution in [3.05, 3.63) is 137 Å². The fourth-order valence-electron chi connectivity index (χ4n) is 8.67. The second kappa shape index (κ2) is 18.0. The number of pyridine rings is 2. The minimum absolute atomic E-state index is 0. The van der Waals surface area contributed by atoms with Crippen molar-refractivity contribution in [2.75, 3.05) is 0 Å². The third-order valence-corrected chi connectivity index (χ3v) is 13.2. The standard InChI is InChI=1S/C33H32NO.C18H24NSi.Ir/c1-21-16-22(2)32(23(3)17-21)26-12-13-27-28-10-7-11-29(33(28)35-31(27)20-26)30-19-25(14-15-34-30)18-24-8-5-4-6-9-24;1-14(2)11-16-12-17(15-9-7-6-8-10-15)19-13-18(16)20(3,4)5;/h7,10,12-17,19-20,24H,4-6,8-9,18H2,1-3H3;6-9,12-14H,11H2,1-5H3;/q2*-1;. The third kappa shape index (κ3) is 9.51. The van der Waals surface area contributed by atoms with E-state index in [1.807, 2.05) is 30.5 Å². The van der Waals surface area contributed by atoms with Gasteiger partial charge in [0.25, 0.3) is 0 Å². The van der Waals surface area contributed by atoms with Crippen LogP contribution in [-0.2, 0) is 32.9 Å². The molecule has 1 radical (unpaired) electrons. The number of fused-ring (bicyclic) bond motifs is 3. The number of aryl methyl sites for hydroxylation is 3. The van der Waals surface area contributed by atoms with Gasteiger partial charge in [-0.2, -0.15) is 0 Å². The maximum atomic E-state index is 6.52. The van der Waals surface area contributed by atoms with Crippen LogP contribution in [0.25, 0.3) is 55.6 Å². The zero-order valence-corrected chi connectivity index (χ0v) is 37.9. The summed E-state index contributed by atoms with van der Waals surface area (Å²) >= 11 is 0. The number of nitrogens with zero attached hydrogens (tertiary/aromatic N) is 2. The van der Waals surface area contributed by atoms with Gasteiger partial charge >= 0.3 is 0 Å². The second-order valence-electron chi connectivity index (χ2n) is 17.3. The Hall–Kier alpha value is -4.15. The van der Waals surface area contributed by atoms with Crippen LogP contribution in [0.15, 0.2) is 102 Å². The number of hydrogen-bond donors (Lipinski definition) is 0. The van der Waals surface area contributed by atoms with Crippen molar-refractivity contribution >= 4 is 35.2 Å². The number of hydrogen-bond acceptors (Lipinski definition) is 3. The summed E-state index contributed by atoms with van der Waals surface area (Å²) in [6.07, 6.45) is 13.2. The van der Waals surface area contributed by atoms with Crippen molar-refractivity contribution in [2.24, 2.45) is 11.8 Å². The fourth-order valence-corrected chi connectivity index (χ4v) is 10.3. The van der Waals surface area contributed by atoms with E-state index in [-0.39, 0.29) is 20.1 Å². The largest absolute Gasteiger partial charge is 0.501 e. The minimum atomic E-state index is -1.34. The van der Waals surface area contributed by atoms with Crippen molar-refractivity contribution in [1.82, 2.24) is 9.97 Å². The Bertz CT molecular complexity index is 2390. The van der Waals surface area contributed by atoms with Crippen molar-refractivity contribution in [3.63, 3.8) is 0 Å². The van der Waals surface area contributed by atoms with Crippen LogP contribution in [0.4, 0.5) is 0 Å². The van der Waals surface area contributed by atoms with Gasteiger partial charge in [0.05, 0.1) is 13.7 Å². The van der Waals surface area contributed by atoms with Crippen LogP contribution in [0.2, 0.25) is 19.6 Å². The van der Waals surface area contributed by atoms with Crippen molar-refractivity contribution in [2.45, 2.75) is 99.2 Å². The van der Waals surface area contributed by atoms with E-state index in [4.69, 9.17) is 9.40 Å². The summed E-state index contributed by atoms with van der Waals surface area (Å²) in [6.45, 7) is 18.3. The Morgan fingerprint density at radius 2 is 1.55 bits per heavy atom. The molecule has 8 rings (SSSR count). The first-order valence-corrected chi connectivity index (χ1v) is 23.8. The van der Waals surface area contributed by atoms with Gasteiger partial charge in [-0.1, -0.05) is 130 Å². The van der Waals surface area contributed by atoms with Crippen LogP contribution in [-0.4, -0.2) is 18.0 Å². The average molecular weight is 933 g/mol. The summed E-state index contributed by atoms with van der Waals surface area (Å²) < 4.78 is 6.52. The molecule has 0 spiro atoms. The van der Waals surface area contributed by atoms with Crippen molar-refractivity contribution in [1.29, 1.82) is 0 Å². The van der Waals surface area contributed by atoms with Crippen LogP contribution in [0.3, 0.4) is 0 Å². The predicted octanol–water partition coefficient (Wildman–Crippen LogP) is 13.5. The number of benzene rings is 4. The molecule has 0 amide bonds. The summed E-state index contributed by atoms with van der Waals surface area (Å²) in [5, 5.41) is 3.75. The first kappa shape index (κ1) is 41.5. The Balaban J connectivity index is 0.000000217. The summed E-state index contributed by atoms with van der Waals surface area (Å²) in [5.41, 5.74) is 15.0. The second-order valence-corrected chi connectivity index (χ2v) is 22.3. The van der Waals surface area contributed by atoms with E-state index >= 15 is 0 Å². The molecule has 3 heterocycles. The first-order valence-electron chi connectivity index (χ1n) is 20.3. The van der Waals surface area contributed by atoms with E-state index in [9.17, 15) is 0 Å². The van der Waals surface area contributed by atoms with Gasteiger partial charge < -0.3 is 14.4 Å². The summed E-state index contributed by atoms with van der Waals surface area (Å²) in [4.78, 5) is 9.42. The molecule has 0 bridgehead atoms. The van der Waals surface area contributed by atoms with E-state index in [1.165, 1.54) is 76.2 Å². The molecule has 1 fully saturated rings. The molecule has 4 aromatic carbocycles. The van der Waals surface area contributed by atoms with E-state index < -0.39 is 8.07 Å². The average Bonchev–Trinajstić information content (AvgIpc) is 3.53. The number of furan rings is 1. The Labute approximate surface area is 349 Å². The van der Waals surface area contributed by atoms with Crippen LogP contribution in [0, 0.1) is 44.7 Å². The molecule has 0 N–H and O–H groups in total. The van der Waals surface area contributed by atoms with Gasteiger partial charge in [0.15, 0.2) is 0 Å². The van der Waals surface area contributed by atoms with Gasteiger partial charge in [0, 0.05) is 37.9 Å². The van der Waals surface area contributed by atoms with Crippen molar-refractivity contribution in [3.8, 4) is 33.6 Å². The maximum Gasteiger partial charge on any atom is 0.121 e. The topological polar surface area (TPSA) is 38.9 Å². The molecular weight excluding hydrogens is 877 g/mol. The first-order chi connectivity index (χ1) is 26.4. The predicted molar refractivity (Wildman–Crippen MR) is 236 cm³/mol. The molecular formula is C51H56IrN2OSi-2. The van der Waals surface area contributed by atoms with Crippen LogP contribution >= 0.6 is 0 Å². The molecule has 3 nitrogen and oxygen atoms in total. The Morgan fingerprint density at radius 1 is 0.786 bits per heavy atom. The van der Waals surface area contributed by atoms with E-state index in [0.717, 1.165) is 63.2 Å². The molecule has 291 valence electrons. The number of rotatable bonds is 8. The molecule has 1 aliphatic rings. The zero-order valence-electron chi connectivity index (χ0n) is 34.5. The summed E-state index contributed by atoms with van der Waals surface area (Å²) in [7, 11) is -1.34. The number of aromatic nitrogens is 2. The normalized spacial score (nSPS) is 13.4. The SMILES string of the molecule is CC(C)Cc1cc(-c2[c-]cccc2)ncc1[Si](C)(C)C.Cc1cc(C)c(-c2ccc3c(c2)oc2c(-c4cc(CC5CCCCC5)ccn4)[c-]ccc23)c(C)c1.[Ir]. The van der Waals surface area contributed by atoms with Gasteiger partial charge in [-0.05, 0) is 96.4 Å². The van der Waals surface area contributed by atoms with E-state index in [1.54, 1.807) is 0 Å². The van der Waals surface area contributed by atoms with Crippen molar-refractivity contribution < 1.29 is 24.5 Å². The van der Waals surface area contributed by atoms with Gasteiger partial charge in [0.2, 0.25) is 0 Å². The van der Waals surface area contributed by atoms with Gasteiger partial charge in [-0.15, -0.1) is 54.1 Å². The molecule has 3 aromatic heterocycles. The smallest absolute Gasteiger partial charge is 0.121 e. The van der Waals surface area contributed by atoms with E-state index in [2.05, 4.69) is 138 Å². The fraction of sp³-hybridized carbons (Fsp3) is 0.333. The summed E-state index contributed by atoms with van der Waals surface area (Å²) in [6, 6.07) is 36.7. The van der Waals surface area contributed by atoms with Crippen LogP contribution < -0.4 is 5.19 Å². The molecule has 0 atom stereocenters. The quantitative estimate of drug-likeness (QED) is 0.113. The van der Waals surface area contributed by atoms with Crippen LogP contribution in [0.5, 0.6) is 0 Å². The third-order valence-electron chi connectivity index (χ3n) is 11.1. The Kier molecular flexibility index (Phi) is 13.3. The summed E-state index contributed by atoms with van der Waals surface area (Å²) in [5.74, 6) is 1.47. The zero-order chi connectivity index (χ0) is 38.7. The molecule has 56 heavy (non-hydrogen) atoms. The van der Waals surface area contributed by atoms with Gasteiger partial charge in [-0.3, -0.25) is 0 Å². The molecule has 7 aromatic rings. The monoisotopic (exact) mass is 933 g/mol. The van der Waals surface area contributed by atoms with Gasteiger partial charge in [0.1, 0.15) is 5.58 Å². The van der Waals surface area contributed by atoms with Crippen LogP contribution in [0.1, 0.15) is 73.8 Å².